The summed E-state index contributed by atoms with van der Waals surface area (Å²) in [5.74, 6) is 0.675. The first-order chi connectivity index (χ1) is 11.4. The van der Waals surface area contributed by atoms with Crippen molar-refractivity contribution in [1.82, 2.24) is 14.9 Å². The van der Waals surface area contributed by atoms with E-state index in [0.717, 1.165) is 11.1 Å². The number of halogens is 1. The molecule has 0 aliphatic heterocycles. The zero-order valence-corrected chi connectivity index (χ0v) is 14.2. The highest BCUT2D eigenvalue weighted by Gasteiger charge is 2.16. The van der Waals surface area contributed by atoms with Crippen LogP contribution in [0.15, 0.2) is 42.5 Å². The van der Waals surface area contributed by atoms with E-state index < -0.39 is 0 Å². The summed E-state index contributed by atoms with van der Waals surface area (Å²) in [6, 6.07) is 12.3. The molecule has 3 aromatic rings. The number of aromatic nitrogens is 2. The van der Waals surface area contributed by atoms with Gasteiger partial charge in [0.05, 0.1) is 11.0 Å². The van der Waals surface area contributed by atoms with Crippen LogP contribution in [-0.4, -0.2) is 26.6 Å². The fourth-order valence-corrected chi connectivity index (χ4v) is 2.83. The Labute approximate surface area is 144 Å². The summed E-state index contributed by atoms with van der Waals surface area (Å²) in [6.07, 6.45) is 0. The lowest BCUT2D eigenvalue weighted by Gasteiger charge is -2.12. The average molecular weight is 344 g/mol. The average Bonchev–Trinajstić information content (AvgIpc) is 2.84. The van der Waals surface area contributed by atoms with Crippen LogP contribution in [0.5, 0.6) is 5.75 Å². The van der Waals surface area contributed by atoms with Crippen LogP contribution in [0.25, 0.3) is 22.4 Å². The molecule has 24 heavy (non-hydrogen) atoms. The third kappa shape index (κ3) is 3.36. The van der Waals surface area contributed by atoms with Gasteiger partial charge in [-0.3, -0.25) is 4.79 Å². The van der Waals surface area contributed by atoms with Crippen LogP contribution in [0, 0.1) is 0 Å². The molecule has 5 nitrogen and oxygen atoms in total. The first-order valence-corrected chi connectivity index (χ1v) is 8.06. The van der Waals surface area contributed by atoms with Gasteiger partial charge in [-0.15, -0.1) is 0 Å². The molecule has 2 aromatic carbocycles. The number of imidazole rings is 1. The standard InChI is InChI=1S/C18H18ClN3O2/c1-11(2)20-17(24)10-22-16-7-6-14(23)9-15(16)21-18(22)12-4-3-5-13(19)8-12/h3-9,11,23H,10H2,1-2H3,(H,20,24). The van der Waals surface area contributed by atoms with Crippen LogP contribution in [0.2, 0.25) is 5.02 Å². The number of phenolic OH excluding ortho intramolecular Hbond substituents is 1. The van der Waals surface area contributed by atoms with Gasteiger partial charge >= 0.3 is 0 Å². The summed E-state index contributed by atoms with van der Waals surface area (Å²) in [7, 11) is 0. The molecule has 0 saturated carbocycles. The smallest absolute Gasteiger partial charge is 0.240 e. The van der Waals surface area contributed by atoms with Crippen molar-refractivity contribution in [2.75, 3.05) is 0 Å². The molecule has 1 amide bonds. The quantitative estimate of drug-likeness (QED) is 0.760. The van der Waals surface area contributed by atoms with Gasteiger partial charge in [0.25, 0.3) is 0 Å². The van der Waals surface area contributed by atoms with Gasteiger partial charge in [-0.1, -0.05) is 23.7 Å². The zero-order valence-electron chi connectivity index (χ0n) is 13.5. The molecular formula is C18H18ClN3O2. The highest BCUT2D eigenvalue weighted by molar-refractivity contribution is 6.30. The molecule has 0 unspecified atom stereocenters. The van der Waals surface area contributed by atoms with Crippen molar-refractivity contribution < 1.29 is 9.90 Å². The Hall–Kier alpha value is -2.53. The SMILES string of the molecule is CC(C)NC(=O)Cn1c(-c2cccc(Cl)c2)nc2cc(O)ccc21. The number of amides is 1. The lowest BCUT2D eigenvalue weighted by atomic mass is 10.2. The van der Waals surface area contributed by atoms with E-state index in [2.05, 4.69) is 10.3 Å². The van der Waals surface area contributed by atoms with E-state index >= 15 is 0 Å². The predicted molar refractivity (Wildman–Crippen MR) is 95.1 cm³/mol. The number of nitrogens with zero attached hydrogens (tertiary/aromatic N) is 2. The van der Waals surface area contributed by atoms with Crippen LogP contribution in [0.4, 0.5) is 0 Å². The summed E-state index contributed by atoms with van der Waals surface area (Å²) in [5.41, 5.74) is 2.22. The molecule has 0 fully saturated rings. The fraction of sp³-hybridized carbons (Fsp3) is 0.222. The van der Waals surface area contributed by atoms with Gasteiger partial charge in [-0.25, -0.2) is 4.98 Å². The summed E-state index contributed by atoms with van der Waals surface area (Å²) in [5, 5.41) is 13.2. The van der Waals surface area contributed by atoms with Crippen molar-refractivity contribution in [1.29, 1.82) is 0 Å². The Morgan fingerprint density at radius 1 is 1.29 bits per heavy atom. The Balaban J connectivity index is 2.13. The second-order valence-electron chi connectivity index (χ2n) is 5.93. The summed E-state index contributed by atoms with van der Waals surface area (Å²) < 4.78 is 1.83. The van der Waals surface area contributed by atoms with Gasteiger partial charge in [0, 0.05) is 22.7 Å². The minimum Gasteiger partial charge on any atom is -0.508 e. The number of phenols is 1. The first kappa shape index (κ1) is 16.3. The van der Waals surface area contributed by atoms with Gasteiger partial charge in [0.2, 0.25) is 5.91 Å². The number of aromatic hydroxyl groups is 1. The maximum Gasteiger partial charge on any atom is 0.240 e. The van der Waals surface area contributed by atoms with E-state index in [1.165, 1.54) is 0 Å². The zero-order chi connectivity index (χ0) is 17.3. The first-order valence-electron chi connectivity index (χ1n) is 7.68. The van der Waals surface area contributed by atoms with Crippen molar-refractivity contribution in [3.8, 4) is 17.1 Å². The van der Waals surface area contributed by atoms with Gasteiger partial charge in [-0.05, 0) is 38.1 Å². The number of benzene rings is 2. The molecule has 2 N–H and O–H groups in total. The van der Waals surface area contributed by atoms with Crippen molar-refractivity contribution in [3.63, 3.8) is 0 Å². The molecule has 1 heterocycles. The molecule has 0 radical (unpaired) electrons. The van der Waals surface area contributed by atoms with Crippen molar-refractivity contribution >= 4 is 28.5 Å². The second-order valence-corrected chi connectivity index (χ2v) is 6.36. The third-order valence-corrected chi connectivity index (χ3v) is 3.80. The molecule has 0 saturated heterocycles. The van der Waals surface area contributed by atoms with Crippen LogP contribution in [0.1, 0.15) is 13.8 Å². The molecule has 0 spiro atoms. The van der Waals surface area contributed by atoms with E-state index in [-0.39, 0.29) is 24.2 Å². The van der Waals surface area contributed by atoms with E-state index in [9.17, 15) is 9.90 Å². The number of rotatable bonds is 4. The minimum atomic E-state index is -0.0966. The van der Waals surface area contributed by atoms with Crippen LogP contribution in [0.3, 0.4) is 0 Å². The molecular weight excluding hydrogens is 326 g/mol. The molecule has 0 bridgehead atoms. The van der Waals surface area contributed by atoms with E-state index in [1.54, 1.807) is 30.3 Å². The lowest BCUT2D eigenvalue weighted by molar-refractivity contribution is -0.122. The van der Waals surface area contributed by atoms with Gasteiger partial charge in [-0.2, -0.15) is 0 Å². The molecule has 0 atom stereocenters. The molecule has 1 aromatic heterocycles. The summed E-state index contributed by atoms with van der Waals surface area (Å²) in [6.45, 7) is 3.97. The number of hydrogen-bond acceptors (Lipinski definition) is 3. The number of hydrogen-bond donors (Lipinski definition) is 2. The summed E-state index contributed by atoms with van der Waals surface area (Å²) in [4.78, 5) is 16.8. The monoisotopic (exact) mass is 343 g/mol. The number of carbonyl (C=O) groups excluding carboxylic acids is 1. The Morgan fingerprint density at radius 3 is 2.79 bits per heavy atom. The maximum absolute atomic E-state index is 12.2. The van der Waals surface area contributed by atoms with Crippen molar-refractivity contribution in [2.45, 2.75) is 26.4 Å². The van der Waals surface area contributed by atoms with Crippen LogP contribution < -0.4 is 5.32 Å². The third-order valence-electron chi connectivity index (χ3n) is 3.57. The molecule has 124 valence electrons. The fourth-order valence-electron chi connectivity index (χ4n) is 2.64. The maximum atomic E-state index is 12.2. The van der Waals surface area contributed by atoms with Crippen LogP contribution >= 0.6 is 11.6 Å². The number of carbonyl (C=O) groups is 1. The van der Waals surface area contributed by atoms with Gasteiger partial charge in [0.15, 0.2) is 0 Å². The molecule has 0 aliphatic rings. The normalized spacial score (nSPS) is 11.2. The van der Waals surface area contributed by atoms with Crippen molar-refractivity contribution in [3.05, 3.63) is 47.5 Å². The Kier molecular flexibility index (Phi) is 4.44. The number of fused-ring (bicyclic) bond motifs is 1. The molecule has 0 aliphatic carbocycles. The lowest BCUT2D eigenvalue weighted by Crippen LogP contribution is -2.33. The predicted octanol–water partition coefficient (Wildman–Crippen LogP) is 3.59. The highest BCUT2D eigenvalue weighted by atomic mass is 35.5. The second kappa shape index (κ2) is 6.53. The van der Waals surface area contributed by atoms with Crippen molar-refractivity contribution in [2.24, 2.45) is 0 Å². The Bertz CT molecular complexity index is 902. The minimum absolute atomic E-state index is 0.0611. The van der Waals surface area contributed by atoms with E-state index in [1.807, 2.05) is 30.5 Å². The Morgan fingerprint density at radius 2 is 2.08 bits per heavy atom. The van der Waals surface area contributed by atoms with E-state index in [4.69, 9.17) is 11.6 Å². The largest absolute Gasteiger partial charge is 0.508 e. The topological polar surface area (TPSA) is 67.2 Å². The molecule has 6 heteroatoms. The summed E-state index contributed by atoms with van der Waals surface area (Å²) >= 11 is 6.09. The van der Waals surface area contributed by atoms with Gasteiger partial charge < -0.3 is 15.0 Å². The van der Waals surface area contributed by atoms with Crippen LogP contribution in [-0.2, 0) is 11.3 Å². The number of nitrogens with one attached hydrogen (secondary N) is 1. The highest BCUT2D eigenvalue weighted by Crippen LogP contribution is 2.28. The van der Waals surface area contributed by atoms with Gasteiger partial charge in [0.1, 0.15) is 18.1 Å². The van der Waals surface area contributed by atoms with E-state index in [0.29, 0.717) is 16.4 Å². The molecule has 3 rings (SSSR count).